The van der Waals surface area contributed by atoms with Crippen molar-refractivity contribution in [1.29, 1.82) is 0 Å². The highest BCUT2D eigenvalue weighted by Crippen LogP contribution is 2.18. The second kappa shape index (κ2) is 5.46. The van der Waals surface area contributed by atoms with Crippen LogP contribution in [0.5, 0.6) is 0 Å². The average Bonchev–Trinajstić information content (AvgIpc) is 2.89. The number of hydrogen-bond donors (Lipinski definition) is 3. The molecule has 3 rings (SSSR count). The molecule has 0 radical (unpaired) electrons. The molecule has 1 amide bonds. The van der Waals surface area contributed by atoms with Gasteiger partial charge in [0, 0.05) is 29.9 Å². The molecule has 3 N–H and O–H groups in total. The number of aromatic nitrogens is 2. The van der Waals surface area contributed by atoms with Gasteiger partial charge >= 0.3 is 0 Å². The molecule has 0 spiro atoms. The van der Waals surface area contributed by atoms with Crippen molar-refractivity contribution >= 4 is 5.91 Å². The van der Waals surface area contributed by atoms with Gasteiger partial charge in [0.15, 0.2) is 0 Å². The molecule has 5 nitrogen and oxygen atoms in total. The van der Waals surface area contributed by atoms with E-state index < -0.39 is 0 Å². The van der Waals surface area contributed by atoms with Crippen LogP contribution in [0.1, 0.15) is 32.7 Å². The molecular weight excluding hydrogens is 252 g/mol. The standard InChI is InChI=1S/C15H18N4O/c1-10-12(9-18-19-10)8-17-15(20)14-4-2-3-11-7-16-6-5-13(11)14/h2-4,9,16H,5-8H2,1H3,(H,17,20)(H,18,19). The van der Waals surface area contributed by atoms with Crippen molar-refractivity contribution in [3.8, 4) is 0 Å². The Balaban J connectivity index is 1.76. The van der Waals surface area contributed by atoms with Crippen LogP contribution in [0.4, 0.5) is 0 Å². The number of H-pyrrole nitrogens is 1. The largest absolute Gasteiger partial charge is 0.348 e. The highest BCUT2D eigenvalue weighted by Gasteiger charge is 2.17. The number of nitrogens with zero attached hydrogens (tertiary/aromatic N) is 1. The summed E-state index contributed by atoms with van der Waals surface area (Å²) in [7, 11) is 0. The Kier molecular flexibility index (Phi) is 3.52. The van der Waals surface area contributed by atoms with Crippen molar-refractivity contribution in [3.63, 3.8) is 0 Å². The molecule has 20 heavy (non-hydrogen) atoms. The summed E-state index contributed by atoms with van der Waals surface area (Å²) in [5, 5.41) is 13.1. The Morgan fingerprint density at radius 2 is 2.35 bits per heavy atom. The third kappa shape index (κ3) is 2.44. The predicted octanol–water partition coefficient (Wildman–Crippen LogP) is 1.29. The molecule has 0 saturated heterocycles. The zero-order valence-corrected chi connectivity index (χ0v) is 11.5. The van der Waals surface area contributed by atoms with Gasteiger partial charge in [0.25, 0.3) is 5.91 Å². The zero-order chi connectivity index (χ0) is 13.9. The van der Waals surface area contributed by atoms with Crippen LogP contribution in [0.15, 0.2) is 24.4 Å². The maximum atomic E-state index is 12.4. The molecule has 0 saturated carbocycles. The fourth-order valence-corrected chi connectivity index (χ4v) is 2.57. The Morgan fingerprint density at radius 1 is 1.45 bits per heavy atom. The molecule has 0 unspecified atom stereocenters. The summed E-state index contributed by atoms with van der Waals surface area (Å²) >= 11 is 0. The van der Waals surface area contributed by atoms with E-state index in [2.05, 4.69) is 26.9 Å². The van der Waals surface area contributed by atoms with Crippen molar-refractivity contribution < 1.29 is 4.79 Å². The average molecular weight is 270 g/mol. The number of aromatic amines is 1. The minimum Gasteiger partial charge on any atom is -0.348 e. The lowest BCUT2D eigenvalue weighted by molar-refractivity contribution is 0.0949. The second-order valence-electron chi connectivity index (χ2n) is 5.07. The molecule has 1 aliphatic rings. The van der Waals surface area contributed by atoms with Crippen LogP contribution in [-0.4, -0.2) is 22.6 Å². The molecular formula is C15H18N4O. The van der Waals surface area contributed by atoms with E-state index in [1.807, 2.05) is 19.1 Å². The van der Waals surface area contributed by atoms with Gasteiger partial charge in [-0.15, -0.1) is 0 Å². The summed E-state index contributed by atoms with van der Waals surface area (Å²) in [5.41, 5.74) is 5.20. The van der Waals surface area contributed by atoms with E-state index >= 15 is 0 Å². The topological polar surface area (TPSA) is 69.8 Å². The molecule has 0 bridgehead atoms. The highest BCUT2D eigenvalue weighted by atomic mass is 16.1. The first-order valence-corrected chi connectivity index (χ1v) is 6.84. The van der Waals surface area contributed by atoms with Crippen LogP contribution in [0.2, 0.25) is 0 Å². The monoisotopic (exact) mass is 270 g/mol. The van der Waals surface area contributed by atoms with Gasteiger partial charge in [-0.1, -0.05) is 12.1 Å². The first-order valence-electron chi connectivity index (χ1n) is 6.84. The quantitative estimate of drug-likeness (QED) is 0.787. The van der Waals surface area contributed by atoms with Crippen molar-refractivity contribution in [3.05, 3.63) is 52.3 Å². The molecule has 104 valence electrons. The third-order valence-corrected chi connectivity index (χ3v) is 3.76. The van der Waals surface area contributed by atoms with Gasteiger partial charge in [0.1, 0.15) is 0 Å². The van der Waals surface area contributed by atoms with Gasteiger partial charge < -0.3 is 10.6 Å². The van der Waals surface area contributed by atoms with Crippen molar-refractivity contribution in [2.45, 2.75) is 26.4 Å². The van der Waals surface area contributed by atoms with Crippen LogP contribution in [0.25, 0.3) is 0 Å². The fraction of sp³-hybridized carbons (Fsp3) is 0.333. The van der Waals surface area contributed by atoms with Gasteiger partial charge in [-0.25, -0.2) is 0 Å². The smallest absolute Gasteiger partial charge is 0.251 e. The highest BCUT2D eigenvalue weighted by molar-refractivity contribution is 5.96. The molecule has 0 aliphatic carbocycles. The lowest BCUT2D eigenvalue weighted by Crippen LogP contribution is -2.29. The number of rotatable bonds is 3. The minimum atomic E-state index is -0.00986. The Labute approximate surface area is 117 Å². The number of aryl methyl sites for hydroxylation is 1. The van der Waals surface area contributed by atoms with E-state index in [4.69, 9.17) is 0 Å². The first kappa shape index (κ1) is 12.9. The third-order valence-electron chi connectivity index (χ3n) is 3.76. The first-order chi connectivity index (χ1) is 9.75. The summed E-state index contributed by atoms with van der Waals surface area (Å²) in [5.74, 6) is -0.00986. The number of nitrogens with one attached hydrogen (secondary N) is 3. The van der Waals surface area contributed by atoms with Crippen molar-refractivity contribution in [2.24, 2.45) is 0 Å². The molecule has 0 atom stereocenters. The fourth-order valence-electron chi connectivity index (χ4n) is 2.57. The van der Waals surface area contributed by atoms with E-state index in [1.165, 1.54) is 11.1 Å². The lowest BCUT2D eigenvalue weighted by Gasteiger charge is -2.19. The van der Waals surface area contributed by atoms with Crippen LogP contribution in [-0.2, 0) is 19.5 Å². The second-order valence-corrected chi connectivity index (χ2v) is 5.07. The van der Waals surface area contributed by atoms with Gasteiger partial charge in [0.2, 0.25) is 0 Å². The van der Waals surface area contributed by atoms with Crippen LogP contribution < -0.4 is 10.6 Å². The number of amides is 1. The number of benzene rings is 1. The van der Waals surface area contributed by atoms with Crippen LogP contribution in [0.3, 0.4) is 0 Å². The van der Waals surface area contributed by atoms with E-state index in [1.54, 1.807) is 6.20 Å². The van der Waals surface area contributed by atoms with E-state index in [0.717, 1.165) is 36.3 Å². The summed E-state index contributed by atoms with van der Waals surface area (Å²) in [6, 6.07) is 5.93. The number of fused-ring (bicyclic) bond motifs is 1. The molecule has 2 heterocycles. The van der Waals surface area contributed by atoms with Crippen LogP contribution >= 0.6 is 0 Å². The summed E-state index contributed by atoms with van der Waals surface area (Å²) in [6.07, 6.45) is 2.66. The Bertz CT molecular complexity index is 633. The number of hydrogen-bond acceptors (Lipinski definition) is 3. The molecule has 1 aromatic heterocycles. The normalized spacial score (nSPS) is 13.8. The predicted molar refractivity (Wildman–Crippen MR) is 76.3 cm³/mol. The number of carbonyl (C=O) groups excluding carboxylic acids is 1. The molecule has 5 heteroatoms. The maximum Gasteiger partial charge on any atom is 0.251 e. The van der Waals surface area contributed by atoms with E-state index in [9.17, 15) is 4.79 Å². The summed E-state index contributed by atoms with van der Waals surface area (Å²) in [4.78, 5) is 12.4. The summed E-state index contributed by atoms with van der Waals surface area (Å²) < 4.78 is 0. The van der Waals surface area contributed by atoms with Gasteiger partial charge in [-0.3, -0.25) is 9.89 Å². The molecule has 1 aliphatic heterocycles. The van der Waals surface area contributed by atoms with E-state index in [-0.39, 0.29) is 5.91 Å². The Hall–Kier alpha value is -2.14. The maximum absolute atomic E-state index is 12.4. The summed E-state index contributed by atoms with van der Waals surface area (Å²) in [6.45, 7) is 4.23. The SMILES string of the molecule is Cc1[nH]ncc1CNC(=O)c1cccc2c1CCNC2. The van der Waals surface area contributed by atoms with Crippen molar-refractivity contribution in [1.82, 2.24) is 20.8 Å². The minimum absolute atomic E-state index is 0.00986. The lowest BCUT2D eigenvalue weighted by atomic mass is 9.95. The zero-order valence-electron chi connectivity index (χ0n) is 11.5. The van der Waals surface area contributed by atoms with Crippen molar-refractivity contribution in [2.75, 3.05) is 6.54 Å². The van der Waals surface area contributed by atoms with Gasteiger partial charge in [-0.05, 0) is 37.1 Å². The molecule has 0 fully saturated rings. The molecule has 2 aromatic rings. The van der Waals surface area contributed by atoms with Gasteiger partial charge in [-0.2, -0.15) is 5.10 Å². The van der Waals surface area contributed by atoms with Crippen LogP contribution in [0, 0.1) is 6.92 Å². The van der Waals surface area contributed by atoms with Gasteiger partial charge in [0.05, 0.1) is 6.20 Å². The van der Waals surface area contributed by atoms with E-state index in [0.29, 0.717) is 6.54 Å². The molecule has 1 aromatic carbocycles. The number of carbonyl (C=O) groups is 1. The Morgan fingerprint density at radius 3 is 3.15 bits per heavy atom.